The van der Waals surface area contributed by atoms with Crippen molar-refractivity contribution in [3.05, 3.63) is 113 Å². The van der Waals surface area contributed by atoms with E-state index in [0.29, 0.717) is 41.5 Å². The Hall–Kier alpha value is -5.16. The average molecular weight is 602 g/mol. The molecule has 0 atom stereocenters. The number of hydrogen-bond donors (Lipinski definition) is 2. The van der Waals surface area contributed by atoms with Gasteiger partial charge in [-0.3, -0.25) is 9.52 Å². The van der Waals surface area contributed by atoms with Crippen LogP contribution >= 0.6 is 0 Å². The van der Waals surface area contributed by atoms with Crippen molar-refractivity contribution in [2.24, 2.45) is 5.10 Å². The highest BCUT2D eigenvalue weighted by Gasteiger charge is 2.15. The van der Waals surface area contributed by atoms with Crippen molar-refractivity contribution in [1.29, 1.82) is 0 Å². The summed E-state index contributed by atoms with van der Waals surface area (Å²) < 4.78 is 44.3. The van der Waals surface area contributed by atoms with Gasteiger partial charge in [0.05, 0.1) is 29.9 Å². The predicted molar refractivity (Wildman–Crippen MR) is 164 cm³/mol. The quantitative estimate of drug-likeness (QED) is 0.0938. The van der Waals surface area contributed by atoms with Crippen molar-refractivity contribution in [1.82, 2.24) is 5.43 Å². The smallest absolute Gasteiger partial charge is 0.343 e. The largest absolute Gasteiger partial charge is 0.494 e. The van der Waals surface area contributed by atoms with E-state index in [1.807, 2.05) is 13.8 Å². The molecule has 0 aromatic heterocycles. The zero-order chi connectivity index (χ0) is 30.8. The highest BCUT2D eigenvalue weighted by atomic mass is 32.2. The number of hydrazone groups is 1. The van der Waals surface area contributed by atoms with Crippen LogP contribution < -0.4 is 24.4 Å². The second-order valence-corrected chi connectivity index (χ2v) is 10.9. The SMILES string of the molecule is CCOc1ccc(C(=O)Oc2ccc(/C=N\NC(=O)c3ccc(NS(=O)(=O)c4ccc(C)cc4)cc3)cc2OCC)cc1. The molecule has 0 aliphatic rings. The van der Waals surface area contributed by atoms with E-state index in [2.05, 4.69) is 15.2 Å². The van der Waals surface area contributed by atoms with E-state index in [1.165, 1.54) is 42.6 Å². The van der Waals surface area contributed by atoms with Crippen molar-refractivity contribution >= 4 is 33.8 Å². The summed E-state index contributed by atoms with van der Waals surface area (Å²) in [4.78, 5) is 25.4. The molecular formula is C32H31N3O7S. The van der Waals surface area contributed by atoms with Crippen LogP contribution in [0.1, 0.15) is 45.7 Å². The van der Waals surface area contributed by atoms with Gasteiger partial charge in [0.1, 0.15) is 5.75 Å². The summed E-state index contributed by atoms with van der Waals surface area (Å²) in [6.45, 7) is 6.41. The fourth-order valence-electron chi connectivity index (χ4n) is 3.82. The van der Waals surface area contributed by atoms with E-state index in [9.17, 15) is 18.0 Å². The standard InChI is InChI=1S/C32H31N3O7S/c1-4-40-27-15-11-25(12-16-27)32(37)42-29-19-8-23(20-30(29)41-5-2)21-33-34-31(36)24-9-13-26(14-10-24)35-43(38,39)28-17-6-22(3)7-18-28/h6-21,35H,4-5H2,1-3H3,(H,34,36)/b33-21-. The number of carbonyl (C=O) groups excluding carboxylic acids is 2. The molecule has 43 heavy (non-hydrogen) atoms. The normalized spacial score (nSPS) is 11.1. The molecule has 10 nitrogen and oxygen atoms in total. The number of hydrogen-bond acceptors (Lipinski definition) is 8. The number of esters is 1. The third-order valence-electron chi connectivity index (χ3n) is 5.98. The number of rotatable bonds is 12. The second-order valence-electron chi connectivity index (χ2n) is 9.18. The first-order chi connectivity index (χ1) is 20.7. The van der Waals surface area contributed by atoms with Crippen LogP contribution in [0, 0.1) is 6.92 Å². The number of nitrogens with one attached hydrogen (secondary N) is 2. The first-order valence-electron chi connectivity index (χ1n) is 13.4. The molecule has 0 heterocycles. The van der Waals surface area contributed by atoms with Gasteiger partial charge in [-0.1, -0.05) is 17.7 Å². The maximum Gasteiger partial charge on any atom is 0.343 e. The molecule has 0 aliphatic heterocycles. The summed E-state index contributed by atoms with van der Waals surface area (Å²) in [7, 11) is -3.76. The second kappa shape index (κ2) is 14.1. The lowest BCUT2D eigenvalue weighted by Gasteiger charge is -2.11. The number of benzene rings is 4. The monoisotopic (exact) mass is 601 g/mol. The number of nitrogens with zero attached hydrogens (tertiary/aromatic N) is 1. The van der Waals surface area contributed by atoms with Crippen LogP contribution in [0.2, 0.25) is 0 Å². The zero-order valence-electron chi connectivity index (χ0n) is 23.9. The Kier molecular flexibility index (Phi) is 10.1. The minimum atomic E-state index is -3.76. The fourth-order valence-corrected chi connectivity index (χ4v) is 4.88. The number of anilines is 1. The predicted octanol–water partition coefficient (Wildman–Crippen LogP) is 5.58. The summed E-state index contributed by atoms with van der Waals surface area (Å²) in [5.74, 6) is 0.186. The van der Waals surface area contributed by atoms with Gasteiger partial charge in [-0.05, 0) is 105 Å². The van der Waals surface area contributed by atoms with Crippen molar-refractivity contribution in [3.8, 4) is 17.2 Å². The Morgan fingerprint density at radius 3 is 2.09 bits per heavy atom. The molecule has 0 saturated heterocycles. The van der Waals surface area contributed by atoms with Gasteiger partial charge in [0.15, 0.2) is 11.5 Å². The third-order valence-corrected chi connectivity index (χ3v) is 7.38. The lowest BCUT2D eigenvalue weighted by molar-refractivity contribution is 0.0728. The molecule has 222 valence electrons. The van der Waals surface area contributed by atoms with E-state index in [1.54, 1.807) is 61.5 Å². The maximum atomic E-state index is 12.6. The number of ether oxygens (including phenoxy) is 3. The van der Waals surface area contributed by atoms with Crippen molar-refractivity contribution in [2.75, 3.05) is 17.9 Å². The van der Waals surface area contributed by atoms with Gasteiger partial charge in [-0.25, -0.2) is 18.6 Å². The Labute approximate surface area is 250 Å². The summed E-state index contributed by atoms with van der Waals surface area (Å²) in [5.41, 5.74) is 4.92. The molecule has 4 aromatic rings. The number of aryl methyl sites for hydroxylation is 1. The van der Waals surface area contributed by atoms with Gasteiger partial charge in [0.25, 0.3) is 15.9 Å². The molecule has 0 radical (unpaired) electrons. The van der Waals surface area contributed by atoms with Gasteiger partial charge in [0, 0.05) is 11.3 Å². The topological polar surface area (TPSA) is 132 Å². The fraction of sp³-hybridized carbons (Fsp3) is 0.156. The molecule has 0 aliphatic carbocycles. The van der Waals surface area contributed by atoms with E-state index in [-0.39, 0.29) is 16.2 Å². The van der Waals surface area contributed by atoms with Gasteiger partial charge in [-0.15, -0.1) is 0 Å². The van der Waals surface area contributed by atoms with E-state index in [0.717, 1.165) is 5.56 Å². The van der Waals surface area contributed by atoms with Crippen LogP contribution in [-0.2, 0) is 10.0 Å². The van der Waals surface area contributed by atoms with Gasteiger partial charge < -0.3 is 14.2 Å². The molecule has 2 N–H and O–H groups in total. The minimum absolute atomic E-state index is 0.139. The van der Waals surface area contributed by atoms with Crippen molar-refractivity contribution in [2.45, 2.75) is 25.7 Å². The molecule has 11 heteroatoms. The van der Waals surface area contributed by atoms with Crippen LogP contribution in [0.15, 0.2) is 101 Å². The number of sulfonamides is 1. The molecule has 0 fully saturated rings. The first kappa shape index (κ1) is 30.8. The Bertz CT molecular complexity index is 1700. The van der Waals surface area contributed by atoms with E-state index < -0.39 is 21.9 Å². The van der Waals surface area contributed by atoms with Gasteiger partial charge in [-0.2, -0.15) is 5.10 Å². The molecule has 0 saturated carbocycles. The van der Waals surface area contributed by atoms with Gasteiger partial charge in [0.2, 0.25) is 0 Å². The molecule has 4 aromatic carbocycles. The Balaban J connectivity index is 1.36. The van der Waals surface area contributed by atoms with Crippen LogP contribution in [0.5, 0.6) is 17.2 Å². The highest BCUT2D eigenvalue weighted by Crippen LogP contribution is 2.29. The van der Waals surface area contributed by atoms with Crippen molar-refractivity contribution < 1.29 is 32.2 Å². The summed E-state index contributed by atoms with van der Waals surface area (Å²) in [6, 6.07) is 23.9. The molecule has 0 spiro atoms. The van der Waals surface area contributed by atoms with E-state index >= 15 is 0 Å². The minimum Gasteiger partial charge on any atom is -0.494 e. The summed E-state index contributed by atoms with van der Waals surface area (Å²) in [6.07, 6.45) is 1.42. The van der Waals surface area contributed by atoms with Crippen LogP contribution in [0.4, 0.5) is 5.69 Å². The van der Waals surface area contributed by atoms with Gasteiger partial charge >= 0.3 is 5.97 Å². The maximum absolute atomic E-state index is 12.6. The highest BCUT2D eigenvalue weighted by molar-refractivity contribution is 7.92. The Morgan fingerprint density at radius 2 is 1.44 bits per heavy atom. The van der Waals surface area contributed by atoms with E-state index in [4.69, 9.17) is 14.2 Å². The van der Waals surface area contributed by atoms with Crippen LogP contribution in [0.3, 0.4) is 0 Å². The Morgan fingerprint density at radius 1 is 0.791 bits per heavy atom. The van der Waals surface area contributed by atoms with Crippen LogP contribution in [-0.4, -0.2) is 39.7 Å². The lowest BCUT2D eigenvalue weighted by atomic mass is 10.2. The first-order valence-corrected chi connectivity index (χ1v) is 14.9. The number of amides is 1. The molecular weight excluding hydrogens is 570 g/mol. The number of carbonyl (C=O) groups is 2. The van der Waals surface area contributed by atoms with Crippen LogP contribution in [0.25, 0.3) is 0 Å². The average Bonchev–Trinajstić information content (AvgIpc) is 2.99. The third kappa shape index (κ3) is 8.43. The molecule has 4 rings (SSSR count). The summed E-state index contributed by atoms with van der Waals surface area (Å²) >= 11 is 0. The lowest BCUT2D eigenvalue weighted by Crippen LogP contribution is -2.18. The molecule has 0 unspecified atom stereocenters. The molecule has 1 amide bonds. The molecule has 0 bridgehead atoms. The summed E-state index contributed by atoms with van der Waals surface area (Å²) in [5, 5.41) is 4.00. The zero-order valence-corrected chi connectivity index (χ0v) is 24.7. The van der Waals surface area contributed by atoms with Crippen molar-refractivity contribution in [3.63, 3.8) is 0 Å².